The Hall–Kier alpha value is -3.31. The lowest BCUT2D eigenvalue weighted by molar-refractivity contribution is -0.134. The maximum atomic E-state index is 12.5. The number of fused-ring (bicyclic) bond motifs is 3. The molecule has 3 aromatic carbocycles. The minimum atomic E-state index is -0.624. The highest BCUT2D eigenvalue weighted by molar-refractivity contribution is 6.35. The molecule has 1 aliphatic rings. The van der Waals surface area contributed by atoms with Crippen LogP contribution in [0.3, 0.4) is 0 Å². The maximum Gasteiger partial charge on any atom is 0.411 e. The Morgan fingerprint density at radius 3 is 2.23 bits per heavy atom. The van der Waals surface area contributed by atoms with Crippen LogP contribution in [-0.4, -0.2) is 18.7 Å². The van der Waals surface area contributed by atoms with Crippen molar-refractivity contribution in [2.24, 2.45) is 0 Å². The second kappa shape index (κ2) is 9.23. The molecule has 5 nitrogen and oxygen atoms in total. The van der Waals surface area contributed by atoms with E-state index in [-0.39, 0.29) is 29.3 Å². The predicted molar refractivity (Wildman–Crippen MR) is 121 cm³/mol. The van der Waals surface area contributed by atoms with Gasteiger partial charge in [-0.1, -0.05) is 73.1 Å². The summed E-state index contributed by atoms with van der Waals surface area (Å²) in [6, 6.07) is 21.1. The highest BCUT2D eigenvalue weighted by Gasteiger charge is 2.29. The van der Waals surface area contributed by atoms with Crippen LogP contribution in [-0.2, 0) is 9.53 Å². The normalized spacial score (nSPS) is 12.1. The van der Waals surface area contributed by atoms with Gasteiger partial charge in [-0.05, 0) is 40.8 Å². The molecule has 158 valence electrons. The van der Waals surface area contributed by atoms with E-state index in [1.807, 2.05) is 31.2 Å². The molecule has 0 radical (unpaired) electrons. The monoisotopic (exact) mass is 435 g/mol. The van der Waals surface area contributed by atoms with Crippen LogP contribution < -0.4 is 10.1 Å². The van der Waals surface area contributed by atoms with E-state index in [4.69, 9.17) is 21.1 Å². The third kappa shape index (κ3) is 4.42. The van der Waals surface area contributed by atoms with Gasteiger partial charge in [0.1, 0.15) is 11.6 Å². The van der Waals surface area contributed by atoms with E-state index < -0.39 is 6.09 Å². The maximum absolute atomic E-state index is 12.5. The number of hydrogen-bond donors (Lipinski definition) is 1. The number of anilines is 1. The van der Waals surface area contributed by atoms with E-state index >= 15 is 0 Å². The third-order valence-electron chi connectivity index (χ3n) is 5.22. The average Bonchev–Trinajstić information content (AvgIpc) is 3.09. The number of halogens is 1. The van der Waals surface area contributed by atoms with Crippen LogP contribution >= 0.6 is 11.6 Å². The van der Waals surface area contributed by atoms with Gasteiger partial charge in [-0.3, -0.25) is 10.1 Å². The number of nitrogens with one attached hydrogen (secondary N) is 1. The number of carbonyl (C=O) groups is 2. The molecule has 0 aliphatic heterocycles. The molecule has 0 unspecified atom stereocenters. The number of hydrogen-bond acceptors (Lipinski definition) is 4. The van der Waals surface area contributed by atoms with Gasteiger partial charge in [-0.2, -0.15) is 0 Å². The fourth-order valence-corrected chi connectivity index (χ4v) is 4.02. The first-order valence-corrected chi connectivity index (χ1v) is 10.6. The Balaban J connectivity index is 1.44. The molecule has 4 rings (SSSR count). The minimum absolute atomic E-state index is 0.0324. The molecule has 1 amide bonds. The van der Waals surface area contributed by atoms with Crippen molar-refractivity contribution >= 4 is 29.4 Å². The van der Waals surface area contributed by atoms with Crippen molar-refractivity contribution in [2.75, 3.05) is 11.9 Å². The van der Waals surface area contributed by atoms with Crippen LogP contribution in [0.25, 0.3) is 11.1 Å². The van der Waals surface area contributed by atoms with Gasteiger partial charge in [0.25, 0.3) is 0 Å². The van der Waals surface area contributed by atoms with Gasteiger partial charge in [-0.25, -0.2) is 4.79 Å². The Morgan fingerprint density at radius 1 is 0.935 bits per heavy atom. The Morgan fingerprint density at radius 2 is 1.58 bits per heavy atom. The second-order valence-corrected chi connectivity index (χ2v) is 7.67. The summed E-state index contributed by atoms with van der Waals surface area (Å²) in [6.45, 7) is 2.08. The van der Waals surface area contributed by atoms with Crippen molar-refractivity contribution in [3.63, 3.8) is 0 Å². The van der Waals surface area contributed by atoms with Gasteiger partial charge in [0, 0.05) is 12.3 Å². The summed E-state index contributed by atoms with van der Waals surface area (Å²) in [5.74, 6) is -0.200. The molecule has 6 heteroatoms. The quantitative estimate of drug-likeness (QED) is 0.359. The van der Waals surface area contributed by atoms with Crippen molar-refractivity contribution < 1.29 is 19.1 Å². The van der Waals surface area contributed by atoms with Crippen LogP contribution in [0.15, 0.2) is 66.7 Å². The van der Waals surface area contributed by atoms with Crippen molar-refractivity contribution in [3.8, 4) is 16.9 Å². The SMILES string of the molecule is CCCC(=O)Oc1cccc(NC(=O)OCC2c3ccccc3-c3ccccc32)c1Cl. The Kier molecular flexibility index (Phi) is 6.23. The fourth-order valence-electron chi connectivity index (χ4n) is 3.81. The minimum Gasteiger partial charge on any atom is -0.448 e. The highest BCUT2D eigenvalue weighted by Crippen LogP contribution is 2.44. The molecule has 31 heavy (non-hydrogen) atoms. The van der Waals surface area contributed by atoms with Crippen LogP contribution in [0.2, 0.25) is 5.02 Å². The van der Waals surface area contributed by atoms with Crippen molar-refractivity contribution in [3.05, 3.63) is 82.9 Å². The van der Waals surface area contributed by atoms with Crippen molar-refractivity contribution in [1.29, 1.82) is 0 Å². The molecular weight excluding hydrogens is 414 g/mol. The van der Waals surface area contributed by atoms with Gasteiger partial charge in [-0.15, -0.1) is 0 Å². The van der Waals surface area contributed by atoms with Crippen LogP contribution in [0.1, 0.15) is 36.8 Å². The molecular formula is C25H22ClNO4. The number of esters is 1. The molecule has 0 saturated heterocycles. The molecule has 1 N–H and O–H groups in total. The lowest BCUT2D eigenvalue weighted by Crippen LogP contribution is -2.18. The molecule has 0 aromatic heterocycles. The van der Waals surface area contributed by atoms with Crippen LogP contribution in [0.4, 0.5) is 10.5 Å². The summed E-state index contributed by atoms with van der Waals surface area (Å²) in [5, 5.41) is 2.80. The summed E-state index contributed by atoms with van der Waals surface area (Å²) < 4.78 is 10.8. The summed E-state index contributed by atoms with van der Waals surface area (Å²) in [4.78, 5) is 24.2. The van der Waals surface area contributed by atoms with Crippen LogP contribution in [0.5, 0.6) is 5.75 Å². The van der Waals surface area contributed by atoms with Gasteiger partial charge in [0.15, 0.2) is 5.75 Å². The van der Waals surface area contributed by atoms with Gasteiger partial charge in [0.05, 0.1) is 5.69 Å². The Bertz CT molecular complexity index is 1080. The van der Waals surface area contributed by atoms with E-state index in [0.717, 1.165) is 22.3 Å². The second-order valence-electron chi connectivity index (χ2n) is 7.29. The number of ether oxygens (including phenoxy) is 2. The molecule has 1 aliphatic carbocycles. The summed E-state index contributed by atoms with van der Waals surface area (Å²) >= 11 is 6.31. The zero-order valence-electron chi connectivity index (χ0n) is 17.1. The van der Waals surface area contributed by atoms with Crippen LogP contribution in [0, 0.1) is 0 Å². The average molecular weight is 436 g/mol. The Labute approximate surface area is 185 Å². The summed E-state index contributed by atoms with van der Waals surface area (Å²) in [6.07, 6.45) is 0.343. The zero-order chi connectivity index (χ0) is 21.8. The highest BCUT2D eigenvalue weighted by atomic mass is 35.5. The lowest BCUT2D eigenvalue weighted by atomic mass is 9.98. The smallest absolute Gasteiger partial charge is 0.411 e. The van der Waals surface area contributed by atoms with Gasteiger partial charge < -0.3 is 9.47 Å². The number of carbonyl (C=O) groups excluding carboxylic acids is 2. The van der Waals surface area contributed by atoms with Crippen molar-refractivity contribution in [1.82, 2.24) is 0 Å². The van der Waals surface area contributed by atoms with E-state index in [1.165, 1.54) is 0 Å². The van der Waals surface area contributed by atoms with Crippen molar-refractivity contribution in [2.45, 2.75) is 25.7 Å². The first-order valence-electron chi connectivity index (χ1n) is 10.2. The van der Waals surface area contributed by atoms with E-state index in [0.29, 0.717) is 18.5 Å². The van der Waals surface area contributed by atoms with Gasteiger partial charge >= 0.3 is 12.1 Å². The fraction of sp³-hybridized carbons (Fsp3) is 0.200. The lowest BCUT2D eigenvalue weighted by Gasteiger charge is -2.15. The standard InChI is InChI=1S/C25H22ClNO4/c1-2-8-23(28)31-22-14-7-13-21(24(22)26)27-25(29)30-15-20-18-11-5-3-9-16(18)17-10-4-6-12-19(17)20/h3-7,9-14,20H,2,8,15H2,1H3,(H,27,29). The first kappa shape index (κ1) is 20.9. The topological polar surface area (TPSA) is 64.6 Å². The third-order valence-corrected chi connectivity index (χ3v) is 5.61. The molecule has 0 fully saturated rings. The molecule has 0 spiro atoms. The van der Waals surface area contributed by atoms with E-state index in [2.05, 4.69) is 29.6 Å². The largest absolute Gasteiger partial charge is 0.448 e. The molecule has 0 bridgehead atoms. The van der Waals surface area contributed by atoms with Gasteiger partial charge in [0.2, 0.25) is 0 Å². The zero-order valence-corrected chi connectivity index (χ0v) is 17.8. The molecule has 0 saturated carbocycles. The van der Waals surface area contributed by atoms with E-state index in [9.17, 15) is 9.59 Å². The number of benzene rings is 3. The predicted octanol–water partition coefficient (Wildman–Crippen LogP) is 6.41. The first-order chi connectivity index (χ1) is 15.1. The number of rotatable bonds is 6. The molecule has 0 heterocycles. The van der Waals surface area contributed by atoms with E-state index in [1.54, 1.807) is 18.2 Å². The summed E-state index contributed by atoms with van der Waals surface area (Å²) in [5.41, 5.74) is 4.92. The molecule has 3 aromatic rings. The number of amides is 1. The molecule has 0 atom stereocenters. The summed E-state index contributed by atoms with van der Waals surface area (Å²) in [7, 11) is 0.